The number of hydrogen-bond acceptors (Lipinski definition) is 3. The van der Waals surface area contributed by atoms with E-state index in [1.807, 2.05) is 18.5 Å². The van der Waals surface area contributed by atoms with E-state index >= 15 is 0 Å². The summed E-state index contributed by atoms with van der Waals surface area (Å²) < 4.78 is 0. The van der Waals surface area contributed by atoms with E-state index in [9.17, 15) is 0 Å². The van der Waals surface area contributed by atoms with Crippen LogP contribution in [0, 0.1) is 0 Å². The predicted octanol–water partition coefficient (Wildman–Crippen LogP) is 1.70. The van der Waals surface area contributed by atoms with Crippen molar-refractivity contribution in [3.63, 3.8) is 0 Å². The molecule has 0 aromatic carbocycles. The highest BCUT2D eigenvalue weighted by molar-refractivity contribution is 5.08. The normalized spacial score (nSPS) is 20.0. The van der Waals surface area contributed by atoms with Gasteiger partial charge >= 0.3 is 0 Å². The Balaban J connectivity index is 1.62. The first kappa shape index (κ1) is 12.5. The Morgan fingerprint density at radius 2 is 2.41 bits per heavy atom. The van der Waals surface area contributed by atoms with Crippen LogP contribution in [0.5, 0.6) is 0 Å². The van der Waals surface area contributed by atoms with Gasteiger partial charge in [-0.3, -0.25) is 4.98 Å². The van der Waals surface area contributed by atoms with E-state index in [4.69, 9.17) is 0 Å². The number of hydrogen-bond donors (Lipinski definition) is 1. The molecule has 2 heterocycles. The van der Waals surface area contributed by atoms with E-state index < -0.39 is 0 Å². The SMILES string of the molecule is CN(CCc1cccnc1)CCC1CCCN1. The van der Waals surface area contributed by atoms with Crippen molar-refractivity contribution in [3.05, 3.63) is 30.1 Å². The molecule has 1 fully saturated rings. The summed E-state index contributed by atoms with van der Waals surface area (Å²) >= 11 is 0. The lowest BCUT2D eigenvalue weighted by Crippen LogP contribution is -2.29. The van der Waals surface area contributed by atoms with Gasteiger partial charge < -0.3 is 10.2 Å². The molecule has 1 saturated heterocycles. The van der Waals surface area contributed by atoms with Crippen molar-refractivity contribution in [1.82, 2.24) is 15.2 Å². The van der Waals surface area contributed by atoms with Gasteiger partial charge in [0.05, 0.1) is 0 Å². The van der Waals surface area contributed by atoms with Crippen molar-refractivity contribution in [1.29, 1.82) is 0 Å². The van der Waals surface area contributed by atoms with Crippen LogP contribution >= 0.6 is 0 Å². The number of likely N-dealkylation sites (N-methyl/N-ethyl adjacent to an activating group) is 1. The molecule has 1 aromatic rings. The minimum absolute atomic E-state index is 0.760. The summed E-state index contributed by atoms with van der Waals surface area (Å²) in [5, 5.41) is 3.55. The topological polar surface area (TPSA) is 28.2 Å². The fraction of sp³-hybridized carbons (Fsp3) is 0.643. The molecule has 94 valence electrons. The molecule has 3 nitrogen and oxygen atoms in total. The molecule has 0 spiro atoms. The lowest BCUT2D eigenvalue weighted by atomic mass is 10.1. The first-order chi connectivity index (χ1) is 8.34. The highest BCUT2D eigenvalue weighted by atomic mass is 15.1. The summed E-state index contributed by atoms with van der Waals surface area (Å²) in [6.45, 7) is 3.53. The van der Waals surface area contributed by atoms with E-state index in [0.29, 0.717) is 0 Å². The number of aromatic nitrogens is 1. The molecule has 0 amide bonds. The van der Waals surface area contributed by atoms with Gasteiger partial charge in [0.2, 0.25) is 0 Å². The fourth-order valence-corrected chi connectivity index (χ4v) is 2.36. The van der Waals surface area contributed by atoms with Crippen molar-refractivity contribution in [2.24, 2.45) is 0 Å². The summed E-state index contributed by atoms with van der Waals surface area (Å²) in [5.74, 6) is 0. The Morgan fingerprint density at radius 3 is 3.12 bits per heavy atom. The third kappa shape index (κ3) is 4.44. The summed E-state index contributed by atoms with van der Waals surface area (Å²) in [6.07, 6.45) is 8.89. The predicted molar refractivity (Wildman–Crippen MR) is 71.1 cm³/mol. The maximum Gasteiger partial charge on any atom is 0.0300 e. The first-order valence-electron chi connectivity index (χ1n) is 6.65. The molecule has 0 radical (unpaired) electrons. The lowest BCUT2D eigenvalue weighted by molar-refractivity contribution is 0.316. The van der Waals surface area contributed by atoms with Crippen LogP contribution in [0.15, 0.2) is 24.5 Å². The van der Waals surface area contributed by atoms with Crippen LogP contribution in [0.2, 0.25) is 0 Å². The lowest BCUT2D eigenvalue weighted by Gasteiger charge is -2.19. The van der Waals surface area contributed by atoms with E-state index in [0.717, 1.165) is 19.0 Å². The second-order valence-electron chi connectivity index (χ2n) is 5.00. The highest BCUT2D eigenvalue weighted by Crippen LogP contribution is 2.09. The van der Waals surface area contributed by atoms with Crippen molar-refractivity contribution in [3.8, 4) is 0 Å². The maximum atomic E-state index is 4.14. The summed E-state index contributed by atoms with van der Waals surface area (Å²) in [5.41, 5.74) is 1.33. The zero-order valence-corrected chi connectivity index (χ0v) is 10.7. The van der Waals surface area contributed by atoms with Crippen LogP contribution in [0.25, 0.3) is 0 Å². The minimum atomic E-state index is 0.760. The van der Waals surface area contributed by atoms with Crippen LogP contribution in [0.3, 0.4) is 0 Å². The van der Waals surface area contributed by atoms with Gasteiger partial charge in [-0.05, 0) is 57.5 Å². The Labute approximate surface area is 104 Å². The molecule has 17 heavy (non-hydrogen) atoms. The second kappa shape index (κ2) is 6.72. The van der Waals surface area contributed by atoms with Gasteiger partial charge in [-0.25, -0.2) is 0 Å². The maximum absolute atomic E-state index is 4.14. The molecule has 1 aromatic heterocycles. The van der Waals surface area contributed by atoms with Crippen LogP contribution < -0.4 is 5.32 Å². The number of nitrogens with zero attached hydrogens (tertiary/aromatic N) is 2. The Morgan fingerprint density at radius 1 is 1.47 bits per heavy atom. The Hall–Kier alpha value is -0.930. The minimum Gasteiger partial charge on any atom is -0.314 e. The van der Waals surface area contributed by atoms with Crippen molar-refractivity contribution < 1.29 is 0 Å². The monoisotopic (exact) mass is 233 g/mol. The molecule has 3 heteroatoms. The van der Waals surface area contributed by atoms with Gasteiger partial charge in [0.1, 0.15) is 0 Å². The Kier molecular flexibility index (Phi) is 4.95. The van der Waals surface area contributed by atoms with Gasteiger partial charge in [-0.1, -0.05) is 6.07 Å². The molecule has 0 saturated carbocycles. The average molecular weight is 233 g/mol. The molecule has 1 unspecified atom stereocenters. The second-order valence-corrected chi connectivity index (χ2v) is 5.00. The molecule has 1 aliphatic rings. The molecule has 1 aliphatic heterocycles. The summed E-state index contributed by atoms with van der Waals surface area (Å²) in [6, 6.07) is 4.92. The number of nitrogens with one attached hydrogen (secondary N) is 1. The van der Waals surface area contributed by atoms with Gasteiger partial charge in [0, 0.05) is 25.0 Å². The highest BCUT2D eigenvalue weighted by Gasteiger charge is 2.13. The molecule has 0 aliphatic carbocycles. The summed E-state index contributed by atoms with van der Waals surface area (Å²) in [4.78, 5) is 6.57. The molecule has 1 N–H and O–H groups in total. The quantitative estimate of drug-likeness (QED) is 0.810. The number of rotatable bonds is 6. The van der Waals surface area contributed by atoms with Crippen molar-refractivity contribution in [2.75, 3.05) is 26.7 Å². The third-order valence-corrected chi connectivity index (χ3v) is 3.53. The third-order valence-electron chi connectivity index (χ3n) is 3.53. The largest absolute Gasteiger partial charge is 0.314 e. The number of pyridine rings is 1. The van der Waals surface area contributed by atoms with Gasteiger partial charge in [-0.2, -0.15) is 0 Å². The molecular weight excluding hydrogens is 210 g/mol. The molecular formula is C14H23N3. The average Bonchev–Trinajstić information content (AvgIpc) is 2.88. The summed E-state index contributed by atoms with van der Waals surface area (Å²) in [7, 11) is 2.21. The van der Waals surface area contributed by atoms with Crippen LogP contribution in [-0.2, 0) is 6.42 Å². The van der Waals surface area contributed by atoms with Crippen LogP contribution in [-0.4, -0.2) is 42.6 Å². The van der Waals surface area contributed by atoms with Gasteiger partial charge in [0.15, 0.2) is 0 Å². The molecule has 0 bridgehead atoms. The smallest absolute Gasteiger partial charge is 0.0300 e. The molecule has 2 rings (SSSR count). The van der Waals surface area contributed by atoms with Crippen LogP contribution in [0.4, 0.5) is 0 Å². The van der Waals surface area contributed by atoms with Gasteiger partial charge in [0.25, 0.3) is 0 Å². The van der Waals surface area contributed by atoms with Crippen LogP contribution in [0.1, 0.15) is 24.8 Å². The van der Waals surface area contributed by atoms with E-state index in [1.165, 1.54) is 37.9 Å². The zero-order valence-electron chi connectivity index (χ0n) is 10.7. The zero-order chi connectivity index (χ0) is 11.9. The Bertz CT molecular complexity index is 307. The fourth-order valence-electron chi connectivity index (χ4n) is 2.36. The van der Waals surface area contributed by atoms with E-state index in [-0.39, 0.29) is 0 Å². The molecule has 1 atom stereocenters. The van der Waals surface area contributed by atoms with Crippen molar-refractivity contribution >= 4 is 0 Å². The van der Waals surface area contributed by atoms with E-state index in [1.54, 1.807) is 0 Å². The van der Waals surface area contributed by atoms with Gasteiger partial charge in [-0.15, -0.1) is 0 Å². The van der Waals surface area contributed by atoms with E-state index in [2.05, 4.69) is 28.3 Å². The first-order valence-corrected chi connectivity index (χ1v) is 6.65. The standard InChI is InChI=1S/C14H23N3/c1-17(11-7-14-5-3-9-16-14)10-6-13-4-2-8-15-12-13/h2,4,8,12,14,16H,3,5-7,9-11H2,1H3. The van der Waals surface area contributed by atoms with Crippen molar-refractivity contribution in [2.45, 2.75) is 31.7 Å².